The first kappa shape index (κ1) is 30.1. The molecule has 0 nitrogen and oxygen atoms in total. The minimum absolute atomic E-state index is 0.144. The van der Waals surface area contributed by atoms with Gasteiger partial charge in [-0.2, -0.15) is 0 Å². The van der Waals surface area contributed by atoms with Crippen molar-refractivity contribution in [1.29, 1.82) is 0 Å². The molecule has 0 radical (unpaired) electrons. The fourth-order valence-corrected chi connectivity index (χ4v) is 7.85. The largest absolute Gasteiger partial charge is 0.0955 e. The molecule has 224 valence electrons. The zero-order chi connectivity index (χ0) is 31.2. The molecular weight excluding hydrogens is 528 g/mol. The van der Waals surface area contributed by atoms with Gasteiger partial charge in [-0.25, -0.2) is 0 Å². The van der Waals surface area contributed by atoms with Crippen molar-refractivity contribution in [3.05, 3.63) is 159 Å². The van der Waals surface area contributed by atoms with Crippen molar-refractivity contribution in [2.24, 2.45) is 5.92 Å². The van der Waals surface area contributed by atoms with Gasteiger partial charge in [-0.1, -0.05) is 150 Å². The molecule has 44 heavy (non-hydrogen) atoms. The normalized spacial score (nSPS) is 21.1. The van der Waals surface area contributed by atoms with Crippen LogP contribution < -0.4 is 0 Å². The predicted molar refractivity (Wildman–Crippen MR) is 192 cm³/mol. The second-order valence-electron chi connectivity index (χ2n) is 14.2. The number of allylic oxidation sites excluding steroid dienone is 12. The van der Waals surface area contributed by atoms with E-state index in [9.17, 15) is 0 Å². The van der Waals surface area contributed by atoms with Crippen LogP contribution in [-0.4, -0.2) is 0 Å². The van der Waals surface area contributed by atoms with Gasteiger partial charge < -0.3 is 0 Å². The van der Waals surface area contributed by atoms with Crippen LogP contribution in [0.1, 0.15) is 95.4 Å². The second kappa shape index (κ2) is 11.9. The highest BCUT2D eigenvalue weighted by molar-refractivity contribution is 5.88. The molecule has 0 aliphatic heterocycles. The Labute approximate surface area is 266 Å². The van der Waals surface area contributed by atoms with E-state index < -0.39 is 0 Å². The number of hydrogen-bond donors (Lipinski definition) is 0. The smallest absolute Gasteiger partial charge is 0.0210 e. The topological polar surface area (TPSA) is 0 Å². The molecule has 0 bridgehead atoms. The van der Waals surface area contributed by atoms with Gasteiger partial charge in [-0.15, -0.1) is 0 Å². The average molecular weight is 577 g/mol. The van der Waals surface area contributed by atoms with Gasteiger partial charge in [0.25, 0.3) is 0 Å². The molecule has 1 fully saturated rings. The van der Waals surface area contributed by atoms with E-state index in [1.807, 2.05) is 0 Å². The fraction of sp³-hybridized carbons (Fsp3) is 0.318. The third-order valence-electron chi connectivity index (χ3n) is 10.1. The molecule has 3 aromatic rings. The van der Waals surface area contributed by atoms with Crippen molar-refractivity contribution < 1.29 is 0 Å². The van der Waals surface area contributed by atoms with Crippen LogP contribution in [0.3, 0.4) is 0 Å². The maximum atomic E-state index is 4.85. The van der Waals surface area contributed by atoms with Crippen LogP contribution in [0.2, 0.25) is 0 Å². The van der Waals surface area contributed by atoms with Crippen LogP contribution in [0.5, 0.6) is 0 Å². The summed E-state index contributed by atoms with van der Waals surface area (Å²) in [6.07, 6.45) is 14.7. The third kappa shape index (κ3) is 5.45. The van der Waals surface area contributed by atoms with Gasteiger partial charge in [0.15, 0.2) is 0 Å². The SMILES string of the molecule is C=C(CCC)C1=C(C)C=C2C/C(=C\C3=CC=C(c4cccc(C(C)(C)C)c4)C3)C(=C)C2C1c1c(CC)ccc2ccccc12. The number of rotatable bonds is 7. The molecule has 0 heterocycles. The van der Waals surface area contributed by atoms with E-state index in [1.54, 1.807) is 0 Å². The Kier molecular flexibility index (Phi) is 8.14. The van der Waals surface area contributed by atoms with Gasteiger partial charge in [-0.3, -0.25) is 0 Å². The summed E-state index contributed by atoms with van der Waals surface area (Å²) < 4.78 is 0. The van der Waals surface area contributed by atoms with Gasteiger partial charge in [0.1, 0.15) is 0 Å². The van der Waals surface area contributed by atoms with Gasteiger partial charge in [0, 0.05) is 11.8 Å². The first-order chi connectivity index (χ1) is 21.1. The molecule has 3 aromatic carbocycles. The molecule has 0 heteroatoms. The molecule has 1 saturated carbocycles. The highest BCUT2D eigenvalue weighted by Gasteiger charge is 2.42. The zero-order valence-electron chi connectivity index (χ0n) is 27.7. The predicted octanol–water partition coefficient (Wildman–Crippen LogP) is 12.3. The van der Waals surface area contributed by atoms with Gasteiger partial charge >= 0.3 is 0 Å². The van der Waals surface area contributed by atoms with Crippen LogP contribution >= 0.6 is 0 Å². The lowest BCUT2D eigenvalue weighted by molar-refractivity contribution is 0.590. The molecule has 2 unspecified atom stereocenters. The Morgan fingerprint density at radius 1 is 0.932 bits per heavy atom. The standard InChI is InChI=1S/C44H48/c1-9-14-28(3)40-29(4)23-37-26-36(25-31-19-20-35(24-31)34-16-13-17-38(27-34)44(6,7)8)30(5)41(37)43(40)42-32(10-2)21-22-33-15-11-12-18-39(33)42/h11-13,15-23,25,27,41,43H,3,5,9-10,14,24,26H2,1-2,4,6-8H3/b36-25+. The Balaban J connectivity index is 1.37. The molecule has 0 aromatic heterocycles. The van der Waals surface area contributed by atoms with Crippen molar-refractivity contribution in [3.8, 4) is 0 Å². The van der Waals surface area contributed by atoms with Crippen LogP contribution in [0.25, 0.3) is 16.3 Å². The molecule has 0 amide bonds. The molecule has 0 saturated heterocycles. The maximum absolute atomic E-state index is 4.85. The maximum Gasteiger partial charge on any atom is 0.0210 e. The molecule has 6 rings (SSSR count). The van der Waals surface area contributed by atoms with E-state index in [2.05, 4.69) is 133 Å². The van der Waals surface area contributed by atoms with E-state index in [4.69, 9.17) is 6.58 Å². The molecule has 2 atom stereocenters. The number of hydrogen-bond acceptors (Lipinski definition) is 0. The molecule has 3 aliphatic carbocycles. The zero-order valence-corrected chi connectivity index (χ0v) is 27.7. The van der Waals surface area contributed by atoms with Crippen molar-refractivity contribution >= 4 is 16.3 Å². The van der Waals surface area contributed by atoms with Gasteiger partial charge in [0.2, 0.25) is 0 Å². The molecule has 0 spiro atoms. The van der Waals surface area contributed by atoms with Crippen LogP contribution in [0, 0.1) is 5.92 Å². The van der Waals surface area contributed by atoms with E-state index in [1.165, 1.54) is 77.6 Å². The summed E-state index contributed by atoms with van der Waals surface area (Å²) in [7, 11) is 0. The Hall–Kier alpha value is -3.90. The Morgan fingerprint density at radius 2 is 1.73 bits per heavy atom. The highest BCUT2D eigenvalue weighted by atomic mass is 14.4. The van der Waals surface area contributed by atoms with Crippen molar-refractivity contribution in [1.82, 2.24) is 0 Å². The van der Waals surface area contributed by atoms with Gasteiger partial charge in [0.05, 0.1) is 0 Å². The third-order valence-corrected chi connectivity index (χ3v) is 10.1. The van der Waals surface area contributed by atoms with Gasteiger partial charge in [-0.05, 0) is 104 Å². The number of benzene rings is 3. The summed E-state index contributed by atoms with van der Waals surface area (Å²) in [5.74, 6) is 0.502. The summed E-state index contributed by atoms with van der Waals surface area (Å²) in [5, 5.41) is 2.70. The number of fused-ring (bicyclic) bond motifs is 2. The quantitative estimate of drug-likeness (QED) is 0.262. The lowest BCUT2D eigenvalue weighted by Crippen LogP contribution is -2.22. The minimum Gasteiger partial charge on any atom is -0.0955 e. The first-order valence-electron chi connectivity index (χ1n) is 16.6. The molecule has 3 aliphatic rings. The van der Waals surface area contributed by atoms with E-state index in [0.29, 0.717) is 0 Å². The average Bonchev–Trinajstić information content (AvgIpc) is 3.59. The number of aryl methyl sites for hydroxylation is 1. The summed E-state index contributed by atoms with van der Waals surface area (Å²) in [6.45, 7) is 23.3. The molecular formula is C44H48. The summed E-state index contributed by atoms with van der Waals surface area (Å²) >= 11 is 0. The van der Waals surface area contributed by atoms with E-state index >= 15 is 0 Å². The second-order valence-corrected chi connectivity index (χ2v) is 14.2. The summed E-state index contributed by atoms with van der Waals surface area (Å²) in [5.41, 5.74) is 16.9. The molecule has 0 N–H and O–H groups in total. The van der Waals surface area contributed by atoms with Crippen LogP contribution in [-0.2, 0) is 11.8 Å². The summed E-state index contributed by atoms with van der Waals surface area (Å²) in [4.78, 5) is 0. The monoisotopic (exact) mass is 576 g/mol. The highest BCUT2D eigenvalue weighted by Crippen LogP contribution is 2.56. The summed E-state index contributed by atoms with van der Waals surface area (Å²) in [6, 6.07) is 22.7. The van der Waals surface area contributed by atoms with Crippen molar-refractivity contribution in [2.45, 2.75) is 85.0 Å². The van der Waals surface area contributed by atoms with Crippen molar-refractivity contribution in [2.75, 3.05) is 0 Å². The van der Waals surface area contributed by atoms with Crippen molar-refractivity contribution in [3.63, 3.8) is 0 Å². The lowest BCUT2D eigenvalue weighted by Gasteiger charge is -2.36. The Morgan fingerprint density at radius 3 is 2.48 bits per heavy atom. The Bertz CT molecular complexity index is 1820. The van der Waals surface area contributed by atoms with E-state index in [-0.39, 0.29) is 17.3 Å². The fourth-order valence-electron chi connectivity index (χ4n) is 7.85. The first-order valence-corrected chi connectivity index (χ1v) is 16.6. The lowest BCUT2D eigenvalue weighted by atomic mass is 9.67. The van der Waals surface area contributed by atoms with Crippen LogP contribution in [0.4, 0.5) is 0 Å². The van der Waals surface area contributed by atoms with E-state index in [0.717, 1.165) is 32.1 Å². The van der Waals surface area contributed by atoms with Crippen LogP contribution in [0.15, 0.2) is 137 Å². The minimum atomic E-state index is 0.144.